The number of hydrogen-bond donors (Lipinski definition) is 3. The maximum Gasteiger partial charge on any atom is 0.228 e. The average molecular weight is 454 g/mol. The summed E-state index contributed by atoms with van der Waals surface area (Å²) in [6, 6.07) is 25.0. The molecule has 0 fully saturated rings. The largest absolute Gasteiger partial charge is 0.496 e. The van der Waals surface area contributed by atoms with Crippen molar-refractivity contribution in [3.63, 3.8) is 0 Å². The first kappa shape index (κ1) is 22.8. The molecule has 1 amide bonds. The number of carbonyl (C=O) groups is 1. The van der Waals surface area contributed by atoms with Gasteiger partial charge in [-0.25, -0.2) is 9.97 Å². The number of carbonyl (C=O) groups excluding carboxylic acids is 1. The van der Waals surface area contributed by atoms with Gasteiger partial charge in [0.25, 0.3) is 0 Å². The second kappa shape index (κ2) is 10.5. The van der Waals surface area contributed by atoms with Crippen LogP contribution in [0.4, 0.5) is 28.7 Å². The molecule has 0 aliphatic heterocycles. The van der Waals surface area contributed by atoms with Gasteiger partial charge in [-0.2, -0.15) is 0 Å². The highest BCUT2D eigenvalue weighted by Crippen LogP contribution is 2.23. The number of rotatable bonds is 8. The molecule has 0 aliphatic carbocycles. The number of para-hydroxylation sites is 1. The number of aryl methyl sites for hydroxylation is 2. The molecule has 7 heteroatoms. The summed E-state index contributed by atoms with van der Waals surface area (Å²) in [6.07, 6.45) is 0.237. The molecule has 0 spiro atoms. The molecule has 7 nitrogen and oxygen atoms in total. The van der Waals surface area contributed by atoms with E-state index in [1.807, 2.05) is 85.8 Å². The monoisotopic (exact) mass is 453 g/mol. The number of benzene rings is 3. The molecule has 1 heterocycles. The van der Waals surface area contributed by atoms with E-state index in [4.69, 9.17) is 4.74 Å². The number of nitrogens with zero attached hydrogens (tertiary/aromatic N) is 2. The number of hydrogen-bond acceptors (Lipinski definition) is 6. The Bertz CT molecular complexity index is 1270. The maximum absolute atomic E-state index is 12.5. The summed E-state index contributed by atoms with van der Waals surface area (Å²) >= 11 is 0. The van der Waals surface area contributed by atoms with Gasteiger partial charge in [0.15, 0.2) is 0 Å². The van der Waals surface area contributed by atoms with Crippen LogP contribution in [0, 0.1) is 13.8 Å². The number of methoxy groups -OCH3 is 1. The lowest BCUT2D eigenvalue weighted by molar-refractivity contribution is -0.115. The van der Waals surface area contributed by atoms with Crippen LogP contribution in [-0.2, 0) is 11.2 Å². The SMILES string of the molecule is COc1ccccc1CC(=O)Nc1ccc(Nc2cc(Nc3ccc(C)cc3)nc(C)n2)cc1. The van der Waals surface area contributed by atoms with Gasteiger partial charge in [0.1, 0.15) is 23.2 Å². The minimum absolute atomic E-state index is 0.108. The Hall–Kier alpha value is -4.39. The van der Waals surface area contributed by atoms with Crippen molar-refractivity contribution >= 4 is 34.6 Å². The summed E-state index contributed by atoms with van der Waals surface area (Å²) in [4.78, 5) is 21.4. The highest BCUT2D eigenvalue weighted by molar-refractivity contribution is 5.92. The Kier molecular flexibility index (Phi) is 7.03. The van der Waals surface area contributed by atoms with E-state index in [0.717, 1.165) is 16.9 Å². The first-order valence-electron chi connectivity index (χ1n) is 11.0. The van der Waals surface area contributed by atoms with Gasteiger partial charge in [-0.1, -0.05) is 35.9 Å². The van der Waals surface area contributed by atoms with E-state index in [9.17, 15) is 4.79 Å². The van der Waals surface area contributed by atoms with Crippen molar-refractivity contribution in [3.05, 3.63) is 95.8 Å². The van der Waals surface area contributed by atoms with E-state index in [0.29, 0.717) is 28.9 Å². The molecule has 0 aliphatic rings. The van der Waals surface area contributed by atoms with Crippen molar-refractivity contribution in [2.24, 2.45) is 0 Å². The third kappa shape index (κ3) is 6.10. The molecule has 0 radical (unpaired) electrons. The van der Waals surface area contributed by atoms with Gasteiger partial charge in [0, 0.05) is 28.7 Å². The van der Waals surface area contributed by atoms with Crippen LogP contribution in [0.25, 0.3) is 0 Å². The van der Waals surface area contributed by atoms with Gasteiger partial charge in [-0.15, -0.1) is 0 Å². The molecule has 4 rings (SSSR count). The van der Waals surface area contributed by atoms with Crippen LogP contribution in [0.15, 0.2) is 78.9 Å². The highest BCUT2D eigenvalue weighted by Gasteiger charge is 2.09. The summed E-state index contributed by atoms with van der Waals surface area (Å²) < 4.78 is 5.32. The van der Waals surface area contributed by atoms with Gasteiger partial charge in [-0.05, 0) is 56.3 Å². The van der Waals surface area contributed by atoms with E-state index in [-0.39, 0.29) is 12.3 Å². The van der Waals surface area contributed by atoms with Crippen LogP contribution in [-0.4, -0.2) is 23.0 Å². The van der Waals surface area contributed by atoms with Gasteiger partial charge >= 0.3 is 0 Å². The first-order chi connectivity index (χ1) is 16.5. The number of ether oxygens (including phenoxy) is 1. The minimum atomic E-state index is -0.108. The molecular formula is C27H27N5O2. The van der Waals surface area contributed by atoms with E-state index in [2.05, 4.69) is 32.8 Å². The van der Waals surface area contributed by atoms with Crippen LogP contribution in [0.1, 0.15) is 17.0 Å². The Morgan fingerprint density at radius 2 is 1.35 bits per heavy atom. The molecule has 1 aromatic heterocycles. The zero-order valence-corrected chi connectivity index (χ0v) is 19.4. The quantitative estimate of drug-likeness (QED) is 0.314. The predicted octanol–water partition coefficient (Wildman–Crippen LogP) is 5.77. The van der Waals surface area contributed by atoms with Crippen LogP contribution >= 0.6 is 0 Å². The fraction of sp³-hybridized carbons (Fsp3) is 0.148. The number of nitrogens with one attached hydrogen (secondary N) is 3. The smallest absolute Gasteiger partial charge is 0.228 e. The minimum Gasteiger partial charge on any atom is -0.496 e. The fourth-order valence-corrected chi connectivity index (χ4v) is 3.49. The summed E-state index contributed by atoms with van der Waals surface area (Å²) in [6.45, 7) is 3.91. The van der Waals surface area contributed by atoms with Crippen LogP contribution < -0.4 is 20.7 Å². The summed E-state index contributed by atoms with van der Waals surface area (Å²) in [7, 11) is 1.60. The van der Waals surface area contributed by atoms with Crippen molar-refractivity contribution in [2.45, 2.75) is 20.3 Å². The molecule has 0 bridgehead atoms. The van der Waals surface area contributed by atoms with E-state index in [1.165, 1.54) is 5.56 Å². The zero-order chi connectivity index (χ0) is 23.9. The third-order valence-corrected chi connectivity index (χ3v) is 5.15. The molecule has 0 saturated carbocycles. The topological polar surface area (TPSA) is 88.2 Å². The highest BCUT2D eigenvalue weighted by atomic mass is 16.5. The number of amides is 1. The van der Waals surface area contributed by atoms with Gasteiger partial charge in [0.2, 0.25) is 5.91 Å². The third-order valence-electron chi connectivity index (χ3n) is 5.15. The maximum atomic E-state index is 12.5. The van der Waals surface area contributed by atoms with E-state index < -0.39 is 0 Å². The predicted molar refractivity (Wildman–Crippen MR) is 136 cm³/mol. The standard InChI is InChI=1S/C27H27N5O2/c1-18-8-10-21(11-9-18)30-25-17-26(29-19(2)28-25)31-22-12-14-23(15-13-22)32-27(33)16-20-6-4-5-7-24(20)34-3/h4-15,17H,16H2,1-3H3,(H,32,33)(H2,28,29,30,31). The molecule has 172 valence electrons. The summed E-state index contributed by atoms with van der Waals surface area (Å²) in [5.74, 6) is 2.63. The van der Waals surface area contributed by atoms with Crippen molar-refractivity contribution < 1.29 is 9.53 Å². The Labute approximate surface area is 199 Å². The van der Waals surface area contributed by atoms with E-state index >= 15 is 0 Å². The van der Waals surface area contributed by atoms with Crippen molar-refractivity contribution in [1.29, 1.82) is 0 Å². The summed E-state index contributed by atoms with van der Waals surface area (Å²) in [5, 5.41) is 9.53. The van der Waals surface area contributed by atoms with Crippen LogP contribution in [0.3, 0.4) is 0 Å². The van der Waals surface area contributed by atoms with Crippen molar-refractivity contribution in [3.8, 4) is 5.75 Å². The van der Waals surface area contributed by atoms with Crippen molar-refractivity contribution in [2.75, 3.05) is 23.1 Å². The molecule has 0 unspecified atom stereocenters. The van der Waals surface area contributed by atoms with Gasteiger partial charge in [0.05, 0.1) is 13.5 Å². The van der Waals surface area contributed by atoms with Gasteiger partial charge in [-0.3, -0.25) is 4.79 Å². The average Bonchev–Trinajstić information content (AvgIpc) is 2.82. The number of aromatic nitrogens is 2. The molecule has 0 atom stereocenters. The lowest BCUT2D eigenvalue weighted by Crippen LogP contribution is -2.14. The molecular weight excluding hydrogens is 426 g/mol. The lowest BCUT2D eigenvalue weighted by atomic mass is 10.1. The van der Waals surface area contributed by atoms with Crippen LogP contribution in [0.5, 0.6) is 5.75 Å². The Balaban J connectivity index is 1.39. The fourth-order valence-electron chi connectivity index (χ4n) is 3.49. The first-order valence-corrected chi connectivity index (χ1v) is 11.0. The van der Waals surface area contributed by atoms with Gasteiger partial charge < -0.3 is 20.7 Å². The number of anilines is 5. The van der Waals surface area contributed by atoms with Crippen molar-refractivity contribution in [1.82, 2.24) is 9.97 Å². The van der Waals surface area contributed by atoms with E-state index in [1.54, 1.807) is 7.11 Å². The second-order valence-corrected chi connectivity index (χ2v) is 7.92. The lowest BCUT2D eigenvalue weighted by Gasteiger charge is -2.12. The normalized spacial score (nSPS) is 10.4. The second-order valence-electron chi connectivity index (χ2n) is 7.92. The molecule has 0 saturated heterocycles. The molecule has 3 N–H and O–H groups in total. The Morgan fingerprint density at radius 1 is 0.794 bits per heavy atom. The molecule has 3 aromatic carbocycles. The Morgan fingerprint density at radius 3 is 1.97 bits per heavy atom. The zero-order valence-electron chi connectivity index (χ0n) is 19.4. The van der Waals surface area contributed by atoms with Crippen LogP contribution in [0.2, 0.25) is 0 Å². The molecule has 34 heavy (non-hydrogen) atoms. The molecule has 4 aromatic rings. The summed E-state index contributed by atoms with van der Waals surface area (Å²) in [5.41, 5.74) is 4.57.